The Hall–Kier alpha value is -4.16. The number of carbonyl (C=O) groups excluding carboxylic acids is 2. The largest absolute Gasteiger partial charge is 0.384 e. The molecule has 0 unspecified atom stereocenters. The number of pyridine rings is 2. The second-order valence-corrected chi connectivity index (χ2v) is 10.8. The number of imidazole rings is 1. The van der Waals surface area contributed by atoms with E-state index in [-0.39, 0.29) is 34.1 Å². The molecule has 1 saturated carbocycles. The van der Waals surface area contributed by atoms with Crippen molar-refractivity contribution >= 4 is 40.3 Å². The van der Waals surface area contributed by atoms with Crippen molar-refractivity contribution < 1.29 is 23.5 Å². The first-order chi connectivity index (χ1) is 20.1. The van der Waals surface area contributed by atoms with Crippen molar-refractivity contribution in [1.29, 1.82) is 0 Å². The van der Waals surface area contributed by atoms with Gasteiger partial charge in [0, 0.05) is 18.8 Å². The average Bonchev–Trinajstić information content (AvgIpc) is 3.25. The van der Waals surface area contributed by atoms with Gasteiger partial charge in [-0.3, -0.25) is 23.7 Å². The molecule has 4 aromatic rings. The number of aliphatic hydroxyl groups excluding tert-OH is 1. The van der Waals surface area contributed by atoms with Crippen LogP contribution in [0.25, 0.3) is 16.7 Å². The van der Waals surface area contributed by atoms with E-state index in [2.05, 4.69) is 20.6 Å². The molecule has 0 aliphatic heterocycles. The molecule has 1 aliphatic rings. The van der Waals surface area contributed by atoms with E-state index < -0.39 is 30.0 Å². The number of hydrogen-bond donors (Lipinski definition) is 3. The lowest BCUT2D eigenvalue weighted by Gasteiger charge is -2.29. The number of rotatable bonds is 8. The molecule has 5 rings (SSSR count). The number of nitrogens with one attached hydrogen (secondary N) is 2. The summed E-state index contributed by atoms with van der Waals surface area (Å²) in [5.74, 6) is -0.802. The van der Waals surface area contributed by atoms with Crippen molar-refractivity contribution in [3.05, 3.63) is 81.6 Å². The zero-order chi connectivity index (χ0) is 30.0. The molecule has 13 heteroatoms. The number of fused-ring (bicyclic) bond motifs is 1. The molecule has 3 N–H and O–H groups in total. The monoisotopic (exact) mass is 598 g/mol. The first-order valence-corrected chi connectivity index (χ1v) is 13.9. The number of aliphatic hydroxyl groups is 1. The fraction of sp³-hybridized carbons (Fsp3) is 0.345. The van der Waals surface area contributed by atoms with Crippen molar-refractivity contribution in [3.8, 4) is 5.69 Å². The van der Waals surface area contributed by atoms with Crippen LogP contribution in [0.3, 0.4) is 0 Å². The normalized spacial score (nSPS) is 17.8. The van der Waals surface area contributed by atoms with Gasteiger partial charge in [-0.2, -0.15) is 0 Å². The lowest BCUT2D eigenvalue weighted by molar-refractivity contribution is -0.123. The minimum Gasteiger partial charge on any atom is -0.384 e. The number of benzene rings is 1. The highest BCUT2D eigenvalue weighted by atomic mass is 35.5. The molecule has 0 radical (unpaired) electrons. The van der Waals surface area contributed by atoms with Crippen molar-refractivity contribution in [1.82, 2.24) is 24.4 Å². The van der Waals surface area contributed by atoms with Crippen LogP contribution in [-0.2, 0) is 11.3 Å². The molecule has 0 spiro atoms. The van der Waals surface area contributed by atoms with Gasteiger partial charge in [0.05, 0.1) is 33.5 Å². The number of anilines is 1. The number of amides is 2. The van der Waals surface area contributed by atoms with Gasteiger partial charge in [-0.25, -0.2) is 18.6 Å². The van der Waals surface area contributed by atoms with Crippen LogP contribution in [0.4, 0.5) is 14.6 Å². The average molecular weight is 599 g/mol. The molecule has 220 valence electrons. The van der Waals surface area contributed by atoms with Gasteiger partial charge >= 0.3 is 5.69 Å². The lowest BCUT2D eigenvalue weighted by atomic mass is 9.85. The molecule has 1 fully saturated rings. The molecule has 10 nitrogen and oxygen atoms in total. The Morgan fingerprint density at radius 1 is 1.07 bits per heavy atom. The fourth-order valence-electron chi connectivity index (χ4n) is 5.27. The summed E-state index contributed by atoms with van der Waals surface area (Å²) in [6.07, 6.45) is 1.21. The van der Waals surface area contributed by atoms with Gasteiger partial charge in [0.1, 0.15) is 17.6 Å². The summed E-state index contributed by atoms with van der Waals surface area (Å²) in [7, 11) is 0. The number of halogens is 3. The highest BCUT2D eigenvalue weighted by molar-refractivity contribution is 6.30. The Morgan fingerprint density at radius 2 is 1.79 bits per heavy atom. The van der Waals surface area contributed by atoms with E-state index in [1.165, 1.54) is 19.2 Å². The predicted molar refractivity (Wildman–Crippen MR) is 153 cm³/mol. The molecule has 1 aromatic carbocycles. The molecule has 3 heterocycles. The van der Waals surface area contributed by atoms with Crippen molar-refractivity contribution in [2.24, 2.45) is 5.92 Å². The van der Waals surface area contributed by atoms with Gasteiger partial charge in [-0.1, -0.05) is 23.7 Å². The fourth-order valence-corrected chi connectivity index (χ4v) is 5.43. The Labute approximate surface area is 244 Å². The zero-order valence-electron chi connectivity index (χ0n) is 22.6. The number of aromatic nitrogens is 4. The van der Waals surface area contributed by atoms with Crippen LogP contribution in [-0.4, -0.2) is 48.2 Å². The lowest BCUT2D eigenvalue weighted by Crippen LogP contribution is -2.39. The Balaban J connectivity index is 1.29. The summed E-state index contributed by atoms with van der Waals surface area (Å²) < 4.78 is 30.0. The molecule has 2 amide bonds. The minimum atomic E-state index is -2.90. The van der Waals surface area contributed by atoms with Crippen LogP contribution >= 0.6 is 11.6 Å². The summed E-state index contributed by atoms with van der Waals surface area (Å²) >= 11 is 5.89. The van der Waals surface area contributed by atoms with Crippen LogP contribution in [0, 0.1) is 5.92 Å². The van der Waals surface area contributed by atoms with Crippen LogP contribution < -0.4 is 16.3 Å². The maximum Gasteiger partial charge on any atom is 0.333 e. The van der Waals surface area contributed by atoms with E-state index in [1.54, 1.807) is 21.3 Å². The van der Waals surface area contributed by atoms with Crippen LogP contribution in [0.15, 0.2) is 59.7 Å². The Kier molecular flexibility index (Phi) is 8.64. The molecule has 3 aromatic heterocycles. The van der Waals surface area contributed by atoms with E-state index in [0.717, 1.165) is 24.6 Å². The SMILES string of the molecule is C[C@@H](O)C(=O)Nc1ccc(-n2c(=O)n(CC3CCC(NC(=O)c4cc(Cl)cnc4C(F)F)CC3)c3ccccc32)cn1. The summed E-state index contributed by atoms with van der Waals surface area (Å²) in [4.78, 5) is 46.0. The van der Waals surface area contributed by atoms with E-state index in [1.807, 2.05) is 24.3 Å². The molecule has 1 atom stereocenters. The summed E-state index contributed by atoms with van der Waals surface area (Å²) in [6.45, 7) is 1.82. The van der Waals surface area contributed by atoms with Crippen molar-refractivity contribution in [2.75, 3.05) is 5.32 Å². The second kappa shape index (κ2) is 12.4. The summed E-state index contributed by atoms with van der Waals surface area (Å²) in [5.41, 5.74) is 0.924. The van der Waals surface area contributed by atoms with E-state index in [9.17, 15) is 28.3 Å². The van der Waals surface area contributed by atoms with Gasteiger partial charge in [0.25, 0.3) is 18.2 Å². The highest BCUT2D eigenvalue weighted by Crippen LogP contribution is 2.29. The van der Waals surface area contributed by atoms with Gasteiger partial charge in [-0.15, -0.1) is 0 Å². The van der Waals surface area contributed by atoms with E-state index in [4.69, 9.17) is 11.6 Å². The number of hydrogen-bond acceptors (Lipinski definition) is 6. The molecular weight excluding hydrogens is 570 g/mol. The number of carbonyl (C=O) groups is 2. The van der Waals surface area contributed by atoms with Gasteiger partial charge in [0.2, 0.25) is 0 Å². The summed E-state index contributed by atoms with van der Waals surface area (Å²) in [5, 5.41) is 14.9. The maximum absolute atomic E-state index is 13.7. The number of alkyl halides is 2. The van der Waals surface area contributed by atoms with Gasteiger partial charge in [0.15, 0.2) is 0 Å². The van der Waals surface area contributed by atoms with Crippen LogP contribution in [0.1, 0.15) is 55.1 Å². The third kappa shape index (κ3) is 6.19. The minimum absolute atomic E-state index is 0.104. The zero-order valence-corrected chi connectivity index (χ0v) is 23.4. The quantitative estimate of drug-likeness (QED) is 0.274. The maximum atomic E-state index is 13.7. The highest BCUT2D eigenvalue weighted by Gasteiger charge is 2.27. The number of para-hydroxylation sites is 2. The first kappa shape index (κ1) is 29.3. The van der Waals surface area contributed by atoms with Crippen LogP contribution in [0.5, 0.6) is 0 Å². The molecule has 0 bridgehead atoms. The van der Waals surface area contributed by atoms with Gasteiger partial charge < -0.3 is 15.7 Å². The first-order valence-electron chi connectivity index (χ1n) is 13.5. The van der Waals surface area contributed by atoms with E-state index >= 15 is 0 Å². The molecule has 0 saturated heterocycles. The van der Waals surface area contributed by atoms with Gasteiger partial charge in [-0.05, 0) is 68.9 Å². The Bertz CT molecular complexity index is 1660. The van der Waals surface area contributed by atoms with Crippen molar-refractivity contribution in [3.63, 3.8) is 0 Å². The third-order valence-electron chi connectivity index (χ3n) is 7.43. The van der Waals surface area contributed by atoms with Crippen LogP contribution in [0.2, 0.25) is 5.02 Å². The Morgan fingerprint density at radius 3 is 2.43 bits per heavy atom. The molecular formula is C29H29ClF2N6O4. The third-order valence-corrected chi connectivity index (χ3v) is 7.64. The standard InChI is InChI=1S/C29H29ClF2N6O4/c1-16(39)27(40)36-24-11-10-20(14-33-24)38-23-5-3-2-4-22(23)37(29(38)42)15-17-6-8-19(9-7-17)35-28(41)21-12-18(30)13-34-25(21)26(31)32/h2-5,10-14,16-17,19,26,39H,6-9,15H2,1H3,(H,35,41)(H,33,36,40)/t16-,17?,19?/m1/s1. The smallest absolute Gasteiger partial charge is 0.333 e. The predicted octanol–water partition coefficient (Wildman–Crippen LogP) is 4.48. The van der Waals surface area contributed by atoms with E-state index in [0.29, 0.717) is 30.6 Å². The summed E-state index contributed by atoms with van der Waals surface area (Å²) in [6, 6.07) is 11.7. The van der Waals surface area contributed by atoms with Crippen molar-refractivity contribution in [2.45, 2.75) is 57.7 Å². The second-order valence-electron chi connectivity index (χ2n) is 10.4. The molecule has 1 aliphatic carbocycles. The topological polar surface area (TPSA) is 131 Å². The number of nitrogens with zero attached hydrogens (tertiary/aromatic N) is 4. The molecule has 42 heavy (non-hydrogen) atoms.